The van der Waals surface area contributed by atoms with Crippen molar-refractivity contribution in [2.45, 2.75) is 91.6 Å². The van der Waals surface area contributed by atoms with Crippen LogP contribution in [-0.2, 0) is 35.3 Å². The second kappa shape index (κ2) is 13.6. The molecule has 6 nitrogen and oxygen atoms in total. The molecule has 2 heterocycles. The van der Waals surface area contributed by atoms with Gasteiger partial charge in [-0.3, -0.25) is 9.69 Å². The number of aryl methyl sites for hydroxylation is 4. The lowest BCUT2D eigenvalue weighted by Crippen LogP contribution is -2.38. The fourth-order valence-corrected chi connectivity index (χ4v) is 6.73. The van der Waals surface area contributed by atoms with Gasteiger partial charge in [-0.15, -0.1) is 0 Å². The maximum atomic E-state index is 12.9. The summed E-state index contributed by atoms with van der Waals surface area (Å²) in [6, 6.07) is 15.5. The van der Waals surface area contributed by atoms with Crippen molar-refractivity contribution in [3.63, 3.8) is 0 Å². The lowest BCUT2D eigenvalue weighted by atomic mass is 9.86. The lowest BCUT2D eigenvalue weighted by Gasteiger charge is -2.37. The standard InChI is InChI=1S/C35H46N4O2/c1-5-26-16-13-17-27(6-2)33(26)34-36-25(4)30(35(37-34)38-21-11-8-12-22-38)23-39(24-32(40)41-7-3)31-20-14-18-28-15-9-10-19-29(28)31/h9-10,13,15-17,19,31H,5-8,11-12,14,18,20-24H2,1-4H3/t31-/m0/s1. The number of anilines is 1. The lowest BCUT2D eigenvalue weighted by molar-refractivity contribution is -0.145. The predicted molar refractivity (Wildman–Crippen MR) is 166 cm³/mol. The van der Waals surface area contributed by atoms with Crippen molar-refractivity contribution in [3.8, 4) is 11.4 Å². The summed E-state index contributed by atoms with van der Waals surface area (Å²) in [4.78, 5) is 28.3. The minimum Gasteiger partial charge on any atom is -0.465 e. The number of ether oxygens (including phenoxy) is 1. The molecule has 1 aliphatic heterocycles. The van der Waals surface area contributed by atoms with Crippen molar-refractivity contribution >= 4 is 11.8 Å². The largest absolute Gasteiger partial charge is 0.465 e. The number of esters is 1. The fraction of sp³-hybridized carbons (Fsp3) is 0.514. The first kappa shape index (κ1) is 29.2. The normalized spacial score (nSPS) is 17.0. The molecule has 1 atom stereocenters. The number of hydrogen-bond acceptors (Lipinski definition) is 6. The Kier molecular flexibility index (Phi) is 9.71. The summed E-state index contributed by atoms with van der Waals surface area (Å²) < 4.78 is 5.47. The molecule has 0 saturated carbocycles. The Morgan fingerprint density at radius 1 is 0.951 bits per heavy atom. The number of aromatic nitrogens is 2. The fourth-order valence-electron chi connectivity index (χ4n) is 6.73. The van der Waals surface area contributed by atoms with E-state index in [2.05, 4.69) is 73.0 Å². The number of nitrogens with zero attached hydrogens (tertiary/aromatic N) is 4. The van der Waals surface area contributed by atoms with Crippen LogP contribution in [0.4, 0.5) is 5.82 Å². The molecule has 0 N–H and O–H groups in total. The van der Waals surface area contributed by atoms with Gasteiger partial charge in [0.05, 0.1) is 13.2 Å². The van der Waals surface area contributed by atoms with Crippen molar-refractivity contribution in [1.82, 2.24) is 14.9 Å². The highest BCUT2D eigenvalue weighted by molar-refractivity contribution is 5.72. The topological polar surface area (TPSA) is 58.6 Å². The van der Waals surface area contributed by atoms with E-state index in [9.17, 15) is 4.79 Å². The molecular formula is C35H46N4O2. The number of fused-ring (bicyclic) bond motifs is 1. The highest BCUT2D eigenvalue weighted by Gasteiger charge is 2.31. The number of piperidine rings is 1. The molecule has 0 unspecified atom stereocenters. The molecule has 0 amide bonds. The molecule has 5 rings (SSSR count). The van der Waals surface area contributed by atoms with Crippen molar-refractivity contribution in [2.24, 2.45) is 0 Å². The molecule has 6 heteroatoms. The highest BCUT2D eigenvalue weighted by atomic mass is 16.5. The molecule has 0 radical (unpaired) electrons. The third kappa shape index (κ3) is 6.48. The van der Waals surface area contributed by atoms with Crippen LogP contribution in [0.25, 0.3) is 11.4 Å². The van der Waals surface area contributed by atoms with Crippen molar-refractivity contribution in [2.75, 3.05) is 31.1 Å². The molecule has 1 aromatic heterocycles. The quantitative estimate of drug-likeness (QED) is 0.251. The molecule has 218 valence electrons. The van der Waals surface area contributed by atoms with Crippen LogP contribution in [0.3, 0.4) is 0 Å². The van der Waals surface area contributed by atoms with Crippen LogP contribution in [0.1, 0.15) is 92.4 Å². The molecule has 2 aromatic carbocycles. The minimum absolute atomic E-state index is 0.158. The zero-order chi connectivity index (χ0) is 28.8. The van der Waals surface area contributed by atoms with E-state index in [1.54, 1.807) is 0 Å². The molecule has 1 aliphatic carbocycles. The maximum Gasteiger partial charge on any atom is 0.320 e. The van der Waals surface area contributed by atoms with Gasteiger partial charge in [0.15, 0.2) is 5.82 Å². The van der Waals surface area contributed by atoms with E-state index >= 15 is 0 Å². The summed E-state index contributed by atoms with van der Waals surface area (Å²) in [6.07, 6.45) is 8.72. The average Bonchev–Trinajstić information content (AvgIpc) is 3.01. The number of carbonyl (C=O) groups is 1. The Hall–Kier alpha value is -3.25. The summed E-state index contributed by atoms with van der Waals surface area (Å²) in [5.41, 5.74) is 8.64. The first-order valence-corrected chi connectivity index (χ1v) is 15.7. The van der Waals surface area contributed by atoms with E-state index < -0.39 is 0 Å². The van der Waals surface area contributed by atoms with Crippen LogP contribution in [0.2, 0.25) is 0 Å². The summed E-state index contributed by atoms with van der Waals surface area (Å²) in [5.74, 6) is 1.70. The monoisotopic (exact) mass is 554 g/mol. The van der Waals surface area contributed by atoms with Crippen LogP contribution in [0.15, 0.2) is 42.5 Å². The Morgan fingerprint density at radius 2 is 1.68 bits per heavy atom. The number of rotatable bonds is 10. The zero-order valence-corrected chi connectivity index (χ0v) is 25.4. The van der Waals surface area contributed by atoms with Gasteiger partial charge < -0.3 is 9.64 Å². The summed E-state index contributed by atoms with van der Waals surface area (Å²) >= 11 is 0. The van der Waals surface area contributed by atoms with Crippen LogP contribution in [-0.4, -0.2) is 47.1 Å². The van der Waals surface area contributed by atoms with Gasteiger partial charge in [-0.25, -0.2) is 9.97 Å². The first-order valence-electron chi connectivity index (χ1n) is 15.7. The molecule has 2 aliphatic rings. The molecule has 3 aromatic rings. The van der Waals surface area contributed by atoms with Gasteiger partial charge >= 0.3 is 5.97 Å². The van der Waals surface area contributed by atoms with E-state index in [1.165, 1.54) is 47.1 Å². The minimum atomic E-state index is -0.172. The second-order valence-corrected chi connectivity index (χ2v) is 11.5. The average molecular weight is 555 g/mol. The van der Waals surface area contributed by atoms with E-state index in [1.807, 2.05) is 6.92 Å². The highest BCUT2D eigenvalue weighted by Crippen LogP contribution is 2.37. The van der Waals surface area contributed by atoms with Gasteiger partial charge in [-0.2, -0.15) is 0 Å². The number of benzene rings is 2. The van der Waals surface area contributed by atoms with E-state index in [-0.39, 0.29) is 18.6 Å². The smallest absolute Gasteiger partial charge is 0.320 e. The number of hydrogen-bond donors (Lipinski definition) is 0. The Bertz CT molecular complexity index is 1330. The van der Waals surface area contributed by atoms with Crippen molar-refractivity contribution < 1.29 is 9.53 Å². The van der Waals surface area contributed by atoms with Crippen molar-refractivity contribution in [3.05, 3.63) is 76.0 Å². The summed E-state index contributed by atoms with van der Waals surface area (Å²) in [5, 5.41) is 0. The maximum absolute atomic E-state index is 12.9. The van der Waals surface area contributed by atoms with Crippen LogP contribution in [0.5, 0.6) is 0 Å². The third-order valence-electron chi connectivity index (χ3n) is 8.85. The summed E-state index contributed by atoms with van der Waals surface area (Å²) in [7, 11) is 0. The Labute approximate surface area is 246 Å². The van der Waals surface area contributed by atoms with E-state index in [0.29, 0.717) is 13.2 Å². The first-order chi connectivity index (χ1) is 20.0. The summed E-state index contributed by atoms with van der Waals surface area (Å²) in [6.45, 7) is 11.7. The molecule has 0 spiro atoms. The predicted octanol–water partition coefficient (Wildman–Crippen LogP) is 7.01. The van der Waals surface area contributed by atoms with Gasteiger partial charge in [0.25, 0.3) is 0 Å². The SMILES string of the molecule is CCOC(=O)CN(Cc1c(C)nc(-c2c(CC)cccc2CC)nc1N1CCCCC1)[C@H]1CCCc2ccccc21. The van der Waals surface area contributed by atoms with Crippen LogP contribution < -0.4 is 4.90 Å². The van der Waals surface area contributed by atoms with Gasteiger partial charge in [-0.1, -0.05) is 56.3 Å². The Morgan fingerprint density at radius 3 is 2.39 bits per heavy atom. The third-order valence-corrected chi connectivity index (χ3v) is 8.85. The van der Waals surface area contributed by atoms with Crippen LogP contribution in [0, 0.1) is 6.92 Å². The van der Waals surface area contributed by atoms with E-state index in [0.717, 1.165) is 68.1 Å². The molecule has 1 fully saturated rings. The zero-order valence-electron chi connectivity index (χ0n) is 25.4. The van der Waals surface area contributed by atoms with Crippen LogP contribution >= 0.6 is 0 Å². The van der Waals surface area contributed by atoms with Gasteiger partial charge in [0.1, 0.15) is 5.82 Å². The molecule has 41 heavy (non-hydrogen) atoms. The molecule has 1 saturated heterocycles. The second-order valence-electron chi connectivity index (χ2n) is 11.5. The molecular weight excluding hydrogens is 508 g/mol. The van der Waals surface area contributed by atoms with Gasteiger partial charge in [0, 0.05) is 42.5 Å². The van der Waals surface area contributed by atoms with Gasteiger partial charge in [0.2, 0.25) is 0 Å². The van der Waals surface area contributed by atoms with E-state index in [4.69, 9.17) is 14.7 Å². The van der Waals surface area contributed by atoms with Gasteiger partial charge in [-0.05, 0) is 87.5 Å². The molecule has 0 bridgehead atoms. The van der Waals surface area contributed by atoms with Crippen molar-refractivity contribution in [1.29, 1.82) is 0 Å². The number of carbonyl (C=O) groups excluding carboxylic acids is 1. The Balaban J connectivity index is 1.61.